The van der Waals surface area contributed by atoms with Crippen molar-refractivity contribution in [2.24, 2.45) is 11.7 Å². The second kappa shape index (κ2) is 3.23. The average molecular weight is 155 g/mol. The van der Waals surface area contributed by atoms with Crippen LogP contribution in [0.2, 0.25) is 0 Å². The molecule has 0 aromatic rings. The van der Waals surface area contributed by atoms with Crippen LogP contribution in [0.25, 0.3) is 0 Å². The predicted octanol–water partition coefficient (Wildman–Crippen LogP) is 1.92. The molecule has 1 nitrogen and oxygen atoms in total. The molecule has 0 saturated carbocycles. The monoisotopic (exact) mass is 155 g/mol. The molecule has 0 aliphatic heterocycles. The summed E-state index contributed by atoms with van der Waals surface area (Å²) in [5, 5.41) is 0. The van der Waals surface area contributed by atoms with E-state index in [4.69, 9.17) is 5.73 Å². The Bertz CT molecular complexity index is 99.7. The van der Waals surface area contributed by atoms with Gasteiger partial charge in [-0.15, -0.1) is 0 Å². The lowest BCUT2D eigenvalue weighted by Gasteiger charge is -2.20. The molecule has 0 spiro atoms. The minimum absolute atomic E-state index is 0.459. The molecule has 2 atom stereocenters. The second-order valence-electron chi connectivity index (χ2n) is 2.45. The Balaban J connectivity index is 3.94. The molecule has 4 heteroatoms. The first-order chi connectivity index (χ1) is 4.39. The minimum atomic E-state index is -4.24. The fourth-order valence-electron chi connectivity index (χ4n) is 0.577. The van der Waals surface area contributed by atoms with Gasteiger partial charge >= 0.3 is 6.18 Å². The van der Waals surface area contributed by atoms with Crippen molar-refractivity contribution in [2.75, 3.05) is 0 Å². The summed E-state index contributed by atoms with van der Waals surface area (Å²) in [6.07, 6.45) is -3.78. The van der Waals surface area contributed by atoms with E-state index in [0.717, 1.165) is 0 Å². The Labute approximate surface area is 58.4 Å². The third kappa shape index (κ3) is 2.56. The van der Waals surface area contributed by atoms with E-state index >= 15 is 0 Å². The van der Waals surface area contributed by atoms with Gasteiger partial charge < -0.3 is 5.73 Å². The zero-order chi connectivity index (χ0) is 8.36. The van der Waals surface area contributed by atoms with Gasteiger partial charge in [0, 0.05) is 0 Å². The van der Waals surface area contributed by atoms with E-state index in [1.54, 1.807) is 6.92 Å². The molecule has 0 aliphatic carbocycles. The van der Waals surface area contributed by atoms with Crippen molar-refractivity contribution in [2.45, 2.75) is 32.5 Å². The number of hydrogen-bond acceptors (Lipinski definition) is 1. The van der Waals surface area contributed by atoms with E-state index in [1.807, 2.05) is 0 Å². The summed E-state index contributed by atoms with van der Waals surface area (Å²) in [4.78, 5) is 0. The number of rotatable bonds is 2. The van der Waals surface area contributed by atoms with Gasteiger partial charge in [-0.25, -0.2) is 0 Å². The number of hydrogen-bond donors (Lipinski definition) is 1. The Morgan fingerprint density at radius 2 is 1.80 bits per heavy atom. The van der Waals surface area contributed by atoms with Crippen molar-refractivity contribution in [3.05, 3.63) is 0 Å². The summed E-state index contributed by atoms with van der Waals surface area (Å²) in [5.74, 6) is -0.486. The molecule has 0 rings (SSSR count). The average Bonchev–Trinajstić information content (AvgIpc) is 1.83. The molecular weight excluding hydrogens is 143 g/mol. The van der Waals surface area contributed by atoms with E-state index in [1.165, 1.54) is 6.92 Å². The zero-order valence-corrected chi connectivity index (χ0v) is 6.07. The molecule has 0 amide bonds. The summed E-state index contributed by atoms with van der Waals surface area (Å²) in [6.45, 7) is 3.19. The SMILES string of the molecule is CCC(C)[C@@H](N)C(F)(F)F. The Morgan fingerprint density at radius 1 is 1.40 bits per heavy atom. The molecule has 0 fully saturated rings. The molecule has 62 valence electrons. The number of nitrogens with two attached hydrogens (primary N) is 1. The highest BCUT2D eigenvalue weighted by atomic mass is 19.4. The molecule has 0 aromatic carbocycles. The molecule has 1 unspecified atom stereocenters. The van der Waals surface area contributed by atoms with E-state index < -0.39 is 18.1 Å². The van der Waals surface area contributed by atoms with Gasteiger partial charge in [0.15, 0.2) is 0 Å². The summed E-state index contributed by atoms with van der Waals surface area (Å²) in [7, 11) is 0. The topological polar surface area (TPSA) is 26.0 Å². The van der Waals surface area contributed by atoms with Gasteiger partial charge in [0.2, 0.25) is 0 Å². The number of alkyl halides is 3. The van der Waals surface area contributed by atoms with Crippen molar-refractivity contribution in [1.82, 2.24) is 0 Å². The summed E-state index contributed by atoms with van der Waals surface area (Å²) in [6, 6.07) is -1.67. The van der Waals surface area contributed by atoms with E-state index in [-0.39, 0.29) is 0 Å². The van der Waals surface area contributed by atoms with Gasteiger partial charge in [0.05, 0.1) is 0 Å². The molecule has 0 saturated heterocycles. The number of halogens is 3. The molecule has 10 heavy (non-hydrogen) atoms. The first-order valence-electron chi connectivity index (χ1n) is 3.21. The highest BCUT2D eigenvalue weighted by Crippen LogP contribution is 2.24. The quantitative estimate of drug-likeness (QED) is 0.647. The predicted molar refractivity (Wildman–Crippen MR) is 33.5 cm³/mol. The summed E-state index contributed by atoms with van der Waals surface area (Å²) in [5.41, 5.74) is 4.88. The molecule has 0 aliphatic rings. The maximum atomic E-state index is 11.8. The van der Waals surface area contributed by atoms with Crippen molar-refractivity contribution in [1.29, 1.82) is 0 Å². The van der Waals surface area contributed by atoms with Gasteiger partial charge in [-0.1, -0.05) is 20.3 Å². The van der Waals surface area contributed by atoms with Crippen LogP contribution in [-0.2, 0) is 0 Å². The van der Waals surface area contributed by atoms with E-state index in [9.17, 15) is 13.2 Å². The maximum absolute atomic E-state index is 11.8. The van der Waals surface area contributed by atoms with Crippen LogP contribution in [0.3, 0.4) is 0 Å². The molecule has 0 heterocycles. The van der Waals surface area contributed by atoms with Gasteiger partial charge in [-0.3, -0.25) is 0 Å². The fraction of sp³-hybridized carbons (Fsp3) is 1.00. The van der Waals surface area contributed by atoms with Gasteiger partial charge in [-0.2, -0.15) is 13.2 Å². The molecule has 0 aromatic heterocycles. The molecule has 0 radical (unpaired) electrons. The lowest BCUT2D eigenvalue weighted by atomic mass is 10.00. The van der Waals surface area contributed by atoms with Crippen LogP contribution in [0.5, 0.6) is 0 Å². The van der Waals surface area contributed by atoms with Gasteiger partial charge in [-0.05, 0) is 5.92 Å². The van der Waals surface area contributed by atoms with Gasteiger partial charge in [0.25, 0.3) is 0 Å². The van der Waals surface area contributed by atoms with E-state index in [2.05, 4.69) is 0 Å². The molecule has 0 bridgehead atoms. The van der Waals surface area contributed by atoms with E-state index in [0.29, 0.717) is 6.42 Å². The third-order valence-corrected chi connectivity index (χ3v) is 1.63. The van der Waals surface area contributed by atoms with Crippen LogP contribution >= 0.6 is 0 Å². The summed E-state index contributed by atoms with van der Waals surface area (Å²) < 4.78 is 35.3. The maximum Gasteiger partial charge on any atom is 0.403 e. The normalized spacial score (nSPS) is 18.6. The first-order valence-corrected chi connectivity index (χ1v) is 3.21. The first kappa shape index (κ1) is 9.75. The Morgan fingerprint density at radius 3 is 1.90 bits per heavy atom. The highest BCUT2D eigenvalue weighted by Gasteiger charge is 2.39. The third-order valence-electron chi connectivity index (χ3n) is 1.63. The van der Waals surface area contributed by atoms with Crippen molar-refractivity contribution in [3.63, 3.8) is 0 Å². The van der Waals surface area contributed by atoms with Crippen LogP contribution < -0.4 is 5.73 Å². The smallest absolute Gasteiger partial charge is 0.320 e. The van der Waals surface area contributed by atoms with Crippen LogP contribution in [0, 0.1) is 5.92 Å². The van der Waals surface area contributed by atoms with Gasteiger partial charge in [0.1, 0.15) is 6.04 Å². The lowest BCUT2D eigenvalue weighted by molar-refractivity contribution is -0.157. The van der Waals surface area contributed by atoms with Crippen molar-refractivity contribution < 1.29 is 13.2 Å². The van der Waals surface area contributed by atoms with Crippen LogP contribution in [0.15, 0.2) is 0 Å². The fourth-order valence-corrected chi connectivity index (χ4v) is 0.577. The molecule has 2 N–H and O–H groups in total. The molecular formula is C6H12F3N. The lowest BCUT2D eigenvalue weighted by Crippen LogP contribution is -2.42. The van der Waals surface area contributed by atoms with Crippen LogP contribution in [0.1, 0.15) is 20.3 Å². The largest absolute Gasteiger partial charge is 0.403 e. The van der Waals surface area contributed by atoms with Crippen LogP contribution in [-0.4, -0.2) is 12.2 Å². The zero-order valence-electron chi connectivity index (χ0n) is 6.07. The standard InChI is InChI=1S/C6H12F3N/c1-3-4(2)5(10)6(7,8)9/h4-5H,3,10H2,1-2H3/t4?,5-/m1/s1. The summed E-state index contributed by atoms with van der Waals surface area (Å²) >= 11 is 0. The van der Waals surface area contributed by atoms with Crippen molar-refractivity contribution in [3.8, 4) is 0 Å². The minimum Gasteiger partial charge on any atom is -0.320 e. The second-order valence-corrected chi connectivity index (χ2v) is 2.45. The Hall–Kier alpha value is -0.250. The van der Waals surface area contributed by atoms with Crippen LogP contribution in [0.4, 0.5) is 13.2 Å². The Kier molecular flexibility index (Phi) is 3.15. The highest BCUT2D eigenvalue weighted by molar-refractivity contribution is 4.75. The van der Waals surface area contributed by atoms with Crippen molar-refractivity contribution >= 4 is 0 Å².